The van der Waals surface area contributed by atoms with Crippen LogP contribution >= 0.6 is 0 Å². The lowest BCUT2D eigenvalue weighted by Gasteiger charge is -2.36. The minimum absolute atomic E-state index is 0.766. The number of likely N-dealkylation sites (tertiary alicyclic amines) is 1. The van der Waals surface area contributed by atoms with Gasteiger partial charge in [-0.15, -0.1) is 0 Å². The van der Waals surface area contributed by atoms with E-state index in [-0.39, 0.29) is 0 Å². The maximum Gasteiger partial charge on any atom is 0.0220 e. The van der Waals surface area contributed by atoms with Crippen LogP contribution in [0, 0.1) is 5.92 Å². The van der Waals surface area contributed by atoms with E-state index in [2.05, 4.69) is 36.1 Å². The second-order valence-corrected chi connectivity index (χ2v) is 6.71. The van der Waals surface area contributed by atoms with Gasteiger partial charge in [0, 0.05) is 25.2 Å². The van der Waals surface area contributed by atoms with Gasteiger partial charge in [-0.2, -0.15) is 0 Å². The fourth-order valence-corrected chi connectivity index (χ4v) is 4.00. The van der Waals surface area contributed by atoms with Gasteiger partial charge in [0.05, 0.1) is 0 Å². The summed E-state index contributed by atoms with van der Waals surface area (Å²) in [6.07, 6.45) is 8.44. The molecule has 2 aliphatic rings. The first-order valence-corrected chi connectivity index (χ1v) is 8.33. The fraction of sp³-hybridized carbons (Fsp3) is 1.00. The molecule has 2 fully saturated rings. The Hall–Kier alpha value is -0.120. The van der Waals surface area contributed by atoms with Crippen LogP contribution in [-0.2, 0) is 0 Å². The Balaban J connectivity index is 1.77. The molecule has 0 radical (unpaired) electrons. The van der Waals surface area contributed by atoms with Gasteiger partial charge in [0.15, 0.2) is 0 Å². The normalized spacial score (nSPS) is 33.2. The highest BCUT2D eigenvalue weighted by Crippen LogP contribution is 2.25. The molecule has 1 heterocycles. The highest BCUT2D eigenvalue weighted by atomic mass is 15.2. The zero-order valence-corrected chi connectivity index (χ0v) is 13.2. The van der Waals surface area contributed by atoms with Crippen LogP contribution < -0.4 is 5.32 Å². The maximum absolute atomic E-state index is 3.71. The summed E-state index contributed by atoms with van der Waals surface area (Å²) in [5.41, 5.74) is 0. The van der Waals surface area contributed by atoms with Crippen LogP contribution in [0.3, 0.4) is 0 Å². The van der Waals surface area contributed by atoms with Crippen LogP contribution in [0.25, 0.3) is 0 Å². The first-order chi connectivity index (χ1) is 9.20. The summed E-state index contributed by atoms with van der Waals surface area (Å²) in [6, 6.07) is 1.56. The van der Waals surface area contributed by atoms with Gasteiger partial charge >= 0.3 is 0 Å². The molecule has 1 aliphatic heterocycles. The molecule has 2 rings (SSSR count). The Labute approximate surface area is 119 Å². The molecular weight excluding hydrogens is 234 g/mol. The van der Waals surface area contributed by atoms with Gasteiger partial charge in [0.1, 0.15) is 0 Å². The lowest BCUT2D eigenvalue weighted by Crippen LogP contribution is -2.45. The summed E-state index contributed by atoms with van der Waals surface area (Å²) >= 11 is 0. The lowest BCUT2D eigenvalue weighted by molar-refractivity contribution is 0.160. The molecule has 0 amide bonds. The van der Waals surface area contributed by atoms with Gasteiger partial charge in [-0.25, -0.2) is 0 Å². The molecule has 0 aromatic carbocycles. The number of likely N-dealkylation sites (N-methyl/N-ethyl adjacent to an activating group) is 2. The Morgan fingerprint density at radius 3 is 2.58 bits per heavy atom. The Kier molecular flexibility index (Phi) is 6.11. The fourth-order valence-electron chi connectivity index (χ4n) is 4.00. The van der Waals surface area contributed by atoms with Crippen LogP contribution in [0.5, 0.6) is 0 Å². The van der Waals surface area contributed by atoms with Crippen molar-refractivity contribution in [2.75, 3.05) is 40.3 Å². The Bertz CT molecular complexity index is 254. The highest BCUT2D eigenvalue weighted by molar-refractivity contribution is 4.84. The summed E-state index contributed by atoms with van der Waals surface area (Å²) in [5.74, 6) is 0.866. The minimum Gasteiger partial charge on any atom is -0.314 e. The average Bonchev–Trinajstić information content (AvgIpc) is 2.78. The maximum atomic E-state index is 3.71. The lowest BCUT2D eigenvalue weighted by atomic mass is 9.84. The van der Waals surface area contributed by atoms with Crippen LogP contribution in [0.15, 0.2) is 0 Å². The highest BCUT2D eigenvalue weighted by Gasteiger charge is 2.27. The molecule has 19 heavy (non-hydrogen) atoms. The summed E-state index contributed by atoms with van der Waals surface area (Å²) in [4.78, 5) is 5.13. The van der Waals surface area contributed by atoms with Crippen LogP contribution in [0.2, 0.25) is 0 Å². The molecule has 3 heteroatoms. The van der Waals surface area contributed by atoms with Gasteiger partial charge in [-0.1, -0.05) is 19.8 Å². The van der Waals surface area contributed by atoms with E-state index in [1.165, 1.54) is 58.2 Å². The van der Waals surface area contributed by atoms with Crippen molar-refractivity contribution >= 4 is 0 Å². The van der Waals surface area contributed by atoms with E-state index in [9.17, 15) is 0 Å². The Morgan fingerprint density at radius 2 is 1.89 bits per heavy atom. The van der Waals surface area contributed by atoms with Crippen LogP contribution in [0.4, 0.5) is 0 Å². The van der Waals surface area contributed by atoms with Gasteiger partial charge in [-0.3, -0.25) is 0 Å². The van der Waals surface area contributed by atoms with Crippen molar-refractivity contribution in [1.82, 2.24) is 15.1 Å². The molecule has 1 saturated heterocycles. The second kappa shape index (κ2) is 7.61. The van der Waals surface area contributed by atoms with Crippen LogP contribution in [0.1, 0.15) is 45.4 Å². The van der Waals surface area contributed by atoms with E-state index in [1.807, 2.05) is 0 Å². The summed E-state index contributed by atoms with van der Waals surface area (Å²) in [5, 5.41) is 3.71. The average molecular weight is 267 g/mol. The molecule has 1 aliphatic carbocycles. The van der Waals surface area contributed by atoms with E-state index < -0.39 is 0 Å². The molecule has 0 aromatic rings. The predicted octanol–water partition coefficient (Wildman–Crippen LogP) is 2.18. The van der Waals surface area contributed by atoms with Gasteiger partial charge in [0.2, 0.25) is 0 Å². The second-order valence-electron chi connectivity index (χ2n) is 6.71. The van der Waals surface area contributed by atoms with Crippen molar-refractivity contribution < 1.29 is 0 Å². The molecular formula is C16H33N3. The van der Waals surface area contributed by atoms with E-state index in [0.29, 0.717) is 0 Å². The predicted molar refractivity (Wildman–Crippen MR) is 82.6 cm³/mol. The molecule has 0 bridgehead atoms. The molecule has 3 nitrogen and oxygen atoms in total. The smallest absolute Gasteiger partial charge is 0.0220 e. The van der Waals surface area contributed by atoms with E-state index >= 15 is 0 Å². The summed E-state index contributed by atoms with van der Waals surface area (Å²) in [7, 11) is 4.61. The van der Waals surface area contributed by atoms with Crippen LogP contribution in [-0.4, -0.2) is 62.2 Å². The van der Waals surface area contributed by atoms with Crippen molar-refractivity contribution in [3.63, 3.8) is 0 Å². The number of rotatable bonds is 6. The number of nitrogens with zero attached hydrogens (tertiary/aromatic N) is 2. The molecule has 0 spiro atoms. The number of hydrogen-bond acceptors (Lipinski definition) is 3. The van der Waals surface area contributed by atoms with E-state index in [1.54, 1.807) is 0 Å². The van der Waals surface area contributed by atoms with Gasteiger partial charge in [0.25, 0.3) is 0 Å². The molecule has 0 aromatic heterocycles. The minimum atomic E-state index is 0.766. The molecule has 1 N–H and O–H groups in total. The molecule has 3 unspecified atom stereocenters. The molecule has 1 saturated carbocycles. The third kappa shape index (κ3) is 4.44. The van der Waals surface area contributed by atoms with Crippen molar-refractivity contribution in [3.8, 4) is 0 Å². The molecule has 3 atom stereocenters. The number of hydrogen-bond donors (Lipinski definition) is 1. The monoisotopic (exact) mass is 267 g/mol. The zero-order chi connectivity index (χ0) is 13.7. The zero-order valence-electron chi connectivity index (χ0n) is 13.2. The first kappa shape index (κ1) is 15.3. The van der Waals surface area contributed by atoms with Crippen molar-refractivity contribution in [2.24, 2.45) is 5.92 Å². The summed E-state index contributed by atoms with van der Waals surface area (Å²) < 4.78 is 0. The van der Waals surface area contributed by atoms with Gasteiger partial charge in [-0.05, 0) is 58.8 Å². The van der Waals surface area contributed by atoms with Crippen molar-refractivity contribution in [3.05, 3.63) is 0 Å². The SMILES string of the molecule is CCNC1CCCCC1CN(C)CC1CCCN1C. The Morgan fingerprint density at radius 1 is 1.11 bits per heavy atom. The van der Waals surface area contributed by atoms with E-state index in [4.69, 9.17) is 0 Å². The third-order valence-corrected chi connectivity index (χ3v) is 5.12. The van der Waals surface area contributed by atoms with Gasteiger partial charge < -0.3 is 15.1 Å². The molecule has 112 valence electrons. The van der Waals surface area contributed by atoms with Crippen molar-refractivity contribution in [1.29, 1.82) is 0 Å². The standard InChI is InChI=1S/C16H33N3/c1-4-17-16-10-6-5-8-14(16)12-18(2)13-15-9-7-11-19(15)3/h14-17H,4-13H2,1-3H3. The summed E-state index contributed by atoms with van der Waals surface area (Å²) in [6.45, 7) is 7.19. The van der Waals surface area contributed by atoms with Crippen molar-refractivity contribution in [2.45, 2.75) is 57.5 Å². The van der Waals surface area contributed by atoms with E-state index in [0.717, 1.165) is 24.5 Å². The topological polar surface area (TPSA) is 18.5 Å². The first-order valence-electron chi connectivity index (χ1n) is 8.33. The largest absolute Gasteiger partial charge is 0.314 e. The number of nitrogens with one attached hydrogen (secondary N) is 1. The quantitative estimate of drug-likeness (QED) is 0.796. The third-order valence-electron chi connectivity index (χ3n) is 5.12.